The van der Waals surface area contributed by atoms with E-state index < -0.39 is 180 Å². The number of esters is 3. The molecule has 7 unspecified atom stereocenters. The van der Waals surface area contributed by atoms with E-state index in [0.29, 0.717) is 0 Å². The first-order valence-corrected chi connectivity index (χ1v) is 24.2. The zero-order chi connectivity index (χ0) is 55.9. The van der Waals surface area contributed by atoms with Crippen molar-refractivity contribution in [2.24, 2.45) is 27.6 Å². The zero-order valence-electron chi connectivity index (χ0n) is 42.0. The highest BCUT2D eigenvalue weighted by Crippen LogP contribution is 2.66. The zero-order valence-corrected chi connectivity index (χ0v) is 42.0. The van der Waals surface area contributed by atoms with Gasteiger partial charge in [-0.2, -0.15) is 0 Å². The van der Waals surface area contributed by atoms with Crippen molar-refractivity contribution >= 4 is 47.5 Å². The van der Waals surface area contributed by atoms with Gasteiger partial charge in [0.2, 0.25) is 12.0 Å². The summed E-state index contributed by atoms with van der Waals surface area (Å²) in [6.07, 6.45) is -27.3. The molecule has 410 valence electrons. The van der Waals surface area contributed by atoms with E-state index >= 15 is 9.59 Å². The van der Waals surface area contributed by atoms with E-state index in [4.69, 9.17) is 18.9 Å². The van der Waals surface area contributed by atoms with Crippen LogP contribution in [-0.4, -0.2) is 172 Å². The highest BCUT2D eigenvalue weighted by molar-refractivity contribution is 5.94. The molecule has 2 bridgehead atoms. The Morgan fingerprint density at radius 1 is 0.773 bits per heavy atom. The van der Waals surface area contributed by atoms with Gasteiger partial charge in [0.1, 0.15) is 30.0 Å². The number of benzene rings is 2. The third-order valence-electron chi connectivity index (χ3n) is 16.4. The molecule has 3 aliphatic carbocycles. The number of aliphatic hydroxyl groups is 7. The Hall–Kier alpha value is -6.18. The number of aliphatic hydroxyl groups excluding tert-OH is 6. The van der Waals surface area contributed by atoms with Gasteiger partial charge in [-0.25, -0.2) is 9.59 Å². The van der Waals surface area contributed by atoms with Gasteiger partial charge in [0.25, 0.3) is 0 Å². The van der Waals surface area contributed by atoms with E-state index in [0.717, 1.165) is 6.92 Å². The van der Waals surface area contributed by atoms with Crippen molar-refractivity contribution in [3.05, 3.63) is 82.9 Å². The lowest BCUT2D eigenvalue weighted by atomic mass is 9.42. The number of rotatable bonds is 20. The van der Waals surface area contributed by atoms with Gasteiger partial charge in [0.15, 0.2) is 5.78 Å². The van der Waals surface area contributed by atoms with Crippen molar-refractivity contribution in [2.45, 2.75) is 153 Å². The number of ketones is 1. The molecule has 2 aromatic rings. The minimum absolute atomic E-state index is 0.0104. The molecule has 15 atom stereocenters. The highest BCUT2D eigenvalue weighted by Gasteiger charge is 2.75. The molecule has 1 heterocycles. The van der Waals surface area contributed by atoms with Crippen LogP contribution in [0.2, 0.25) is 0 Å². The topological polar surface area (TPSA) is 388 Å². The fourth-order valence-corrected chi connectivity index (χ4v) is 12.3. The molecular weight excluding hydrogens is 991 g/mol. The normalized spacial score (nSPS) is 31.0. The standard InChI is InChI=1S/C52H65NO22/c1-24-28(22-51(71)45(75-46(69)27-15-11-8-12-16-27)43-49(5)23-72-34(49)17-29(55)50(43,6)44(68)41(67)39(24)48(51,3)4)73-47(70)42(40(53-25(2)54)26-13-9-7-10-14-26)74-38(66)21-33(59)52(30(56)18-35(60)61,31(57)19-36(62)63)32(58)20-37(64)65/h7-16,28-34,40-43,45,55-59,67,71H,17-23H2,1-6H3,(H,53,54)(H,60,61)(H,62,63)(H,64,65)/t28-,29-,30?,31?,32?,33?,34?,40-,41+,42+,43?,45-,49+,50?,51+,52?/m0/s1. The van der Waals surface area contributed by atoms with Crippen LogP contribution in [-0.2, 0) is 52.5 Å². The third-order valence-corrected chi connectivity index (χ3v) is 16.4. The molecule has 6 rings (SSSR count). The monoisotopic (exact) mass is 1060 g/mol. The maximum absolute atomic E-state index is 15.1. The largest absolute Gasteiger partial charge is 0.481 e. The summed E-state index contributed by atoms with van der Waals surface area (Å²) < 4.78 is 24.1. The molecule has 1 aliphatic heterocycles. The van der Waals surface area contributed by atoms with Crippen LogP contribution in [0.4, 0.5) is 0 Å². The predicted octanol–water partition coefficient (Wildman–Crippen LogP) is 0.371. The van der Waals surface area contributed by atoms with Gasteiger partial charge in [-0.15, -0.1) is 0 Å². The molecule has 23 nitrogen and oxygen atoms in total. The number of hydrogen-bond acceptors (Lipinski definition) is 19. The Bertz CT molecular complexity index is 2510. The molecule has 4 aliphatic rings. The maximum atomic E-state index is 15.1. The van der Waals surface area contributed by atoms with Crippen molar-refractivity contribution in [2.75, 3.05) is 6.61 Å². The van der Waals surface area contributed by atoms with Crippen LogP contribution in [0.25, 0.3) is 0 Å². The number of carbonyl (C=O) groups excluding carboxylic acids is 5. The first kappa shape index (κ1) is 58.1. The van der Waals surface area contributed by atoms with Gasteiger partial charge in [-0.3, -0.25) is 28.8 Å². The number of carbonyl (C=O) groups is 8. The van der Waals surface area contributed by atoms with Gasteiger partial charge in [-0.1, -0.05) is 69.3 Å². The lowest BCUT2D eigenvalue weighted by Gasteiger charge is -2.68. The van der Waals surface area contributed by atoms with Crippen LogP contribution in [0, 0.1) is 27.6 Å². The van der Waals surface area contributed by atoms with E-state index in [1.807, 2.05) is 0 Å². The van der Waals surface area contributed by atoms with Gasteiger partial charge in [0, 0.05) is 36.5 Å². The number of nitrogens with one attached hydrogen (secondary N) is 1. The summed E-state index contributed by atoms with van der Waals surface area (Å²) in [6.45, 7) is 8.58. The van der Waals surface area contributed by atoms with Gasteiger partial charge in [-0.05, 0) is 42.7 Å². The van der Waals surface area contributed by atoms with Crippen LogP contribution in [0.5, 0.6) is 0 Å². The first-order valence-electron chi connectivity index (χ1n) is 24.2. The molecule has 1 saturated heterocycles. The van der Waals surface area contributed by atoms with E-state index in [9.17, 15) is 79.8 Å². The molecule has 75 heavy (non-hydrogen) atoms. The summed E-state index contributed by atoms with van der Waals surface area (Å²) >= 11 is 0. The fourth-order valence-electron chi connectivity index (χ4n) is 12.3. The van der Waals surface area contributed by atoms with Crippen molar-refractivity contribution in [3.8, 4) is 0 Å². The molecule has 0 aromatic heterocycles. The van der Waals surface area contributed by atoms with Gasteiger partial charge < -0.3 is 75.3 Å². The number of hydrogen-bond donors (Lipinski definition) is 11. The molecule has 23 heteroatoms. The SMILES string of the molecule is CC(=O)N[C@@H](c1ccccc1)[C@@H](OC(=O)CC(O)C(C(O)CC(=O)O)(C(O)CC(=O)O)C(O)CC(=O)O)C(=O)O[C@H]1C[C@@]2(O)[C@@H](OC(=O)c3ccccc3)C3C(C)(C(=O)[C@H](O)C(=C1C)C2(C)C)[C@@H](O)CC1OC[C@]13C. The molecule has 0 radical (unpaired) electrons. The van der Waals surface area contributed by atoms with Crippen LogP contribution >= 0.6 is 0 Å². The van der Waals surface area contributed by atoms with Gasteiger partial charge >= 0.3 is 35.8 Å². The number of aliphatic carboxylic acids is 3. The Morgan fingerprint density at radius 2 is 1.28 bits per heavy atom. The lowest BCUT2D eigenvalue weighted by molar-refractivity contribution is -0.313. The predicted molar refractivity (Wildman–Crippen MR) is 253 cm³/mol. The van der Waals surface area contributed by atoms with E-state index in [-0.39, 0.29) is 35.3 Å². The average molecular weight is 1060 g/mol. The molecule has 11 N–H and O–H groups in total. The smallest absolute Gasteiger partial charge is 0.350 e. The molecule has 2 saturated carbocycles. The van der Waals surface area contributed by atoms with Crippen LogP contribution in [0.15, 0.2) is 71.8 Å². The summed E-state index contributed by atoms with van der Waals surface area (Å²) in [4.78, 5) is 107. The minimum Gasteiger partial charge on any atom is -0.481 e. The van der Waals surface area contributed by atoms with E-state index in [1.165, 1.54) is 64.1 Å². The van der Waals surface area contributed by atoms with Crippen molar-refractivity contribution in [3.63, 3.8) is 0 Å². The number of Topliss-reactive ketones (excluding diaryl/α,β-unsaturated/α-hetero) is 1. The second-order valence-electron chi connectivity index (χ2n) is 21.1. The molecule has 0 spiro atoms. The van der Waals surface area contributed by atoms with Crippen LogP contribution in [0.3, 0.4) is 0 Å². The lowest BCUT2D eigenvalue weighted by Crippen LogP contribution is -2.77. The number of amides is 1. The van der Waals surface area contributed by atoms with Crippen molar-refractivity contribution in [1.29, 1.82) is 0 Å². The molecule has 1 amide bonds. The fraction of sp³-hybridized carbons (Fsp3) is 0.577. The quantitative estimate of drug-likeness (QED) is 0.0485. The third kappa shape index (κ3) is 10.4. The van der Waals surface area contributed by atoms with E-state index in [1.54, 1.807) is 31.2 Å². The molecule has 2 aromatic carbocycles. The maximum Gasteiger partial charge on any atom is 0.350 e. The molecule has 3 fully saturated rings. The Morgan fingerprint density at radius 3 is 1.76 bits per heavy atom. The van der Waals surface area contributed by atoms with Crippen molar-refractivity contribution in [1.82, 2.24) is 5.32 Å². The van der Waals surface area contributed by atoms with Crippen LogP contribution < -0.4 is 5.32 Å². The molecular formula is C52H65NO22. The summed E-state index contributed by atoms with van der Waals surface area (Å²) in [7, 11) is 0. The number of carboxylic acid groups (broad SMARTS) is 3. The average Bonchev–Trinajstić information content (AvgIpc) is 3.31. The summed E-state index contributed by atoms with van der Waals surface area (Å²) in [5, 5.41) is 115. The summed E-state index contributed by atoms with van der Waals surface area (Å²) in [5.74, 6) is -12.6. The Balaban J connectivity index is 1.48. The van der Waals surface area contributed by atoms with Crippen molar-refractivity contribution < 1.29 is 108 Å². The van der Waals surface area contributed by atoms with Gasteiger partial charge in [0.05, 0.1) is 85.3 Å². The first-order chi connectivity index (χ1) is 34.9. The highest BCUT2D eigenvalue weighted by atomic mass is 16.6. The second-order valence-corrected chi connectivity index (χ2v) is 21.1. The number of fused-ring (bicyclic) bond motifs is 5. The number of ether oxygens (including phenoxy) is 4. The van der Waals surface area contributed by atoms with E-state index in [2.05, 4.69) is 5.32 Å². The minimum atomic E-state index is -3.23. The summed E-state index contributed by atoms with van der Waals surface area (Å²) in [5.41, 5.74) is -10.4. The number of carboxylic acids is 3. The summed E-state index contributed by atoms with van der Waals surface area (Å²) in [6, 6.07) is 13.3. The Kier molecular flexibility index (Phi) is 16.9. The Labute approximate surface area is 430 Å². The van der Waals surface area contributed by atoms with Crippen LogP contribution in [0.1, 0.15) is 102 Å². The second kappa shape index (κ2) is 21.8.